The highest BCUT2D eigenvalue weighted by Crippen LogP contribution is 2.32. The molecule has 1 fully saturated rings. The van der Waals surface area contributed by atoms with Crippen LogP contribution >= 0.6 is 11.3 Å². The first-order valence-electron chi connectivity index (χ1n) is 7.88. The lowest BCUT2D eigenvalue weighted by Gasteiger charge is -2.12. The molecule has 0 spiro atoms. The number of thiazole rings is 1. The number of fused-ring (bicyclic) bond motifs is 1. The summed E-state index contributed by atoms with van der Waals surface area (Å²) in [5, 5.41) is 3.98. The van der Waals surface area contributed by atoms with Crippen LogP contribution in [0.25, 0.3) is 10.2 Å². The molecule has 124 valence electrons. The minimum atomic E-state index is -0.246. The van der Waals surface area contributed by atoms with Crippen LogP contribution in [0.5, 0.6) is 0 Å². The Morgan fingerprint density at radius 1 is 1.48 bits per heavy atom. The van der Waals surface area contributed by atoms with E-state index in [0.717, 1.165) is 34.1 Å². The Kier molecular flexibility index (Phi) is 5.09. The molecule has 3 rings (SSSR count). The molecule has 6 nitrogen and oxygen atoms in total. The average molecular weight is 334 g/mol. The van der Waals surface area contributed by atoms with Crippen LogP contribution in [0.3, 0.4) is 0 Å². The van der Waals surface area contributed by atoms with Gasteiger partial charge in [-0.1, -0.05) is 11.3 Å². The monoisotopic (exact) mass is 334 g/mol. The predicted octanol–water partition coefficient (Wildman–Crippen LogP) is 2.20. The Bertz CT molecular complexity index is 678. The highest BCUT2D eigenvalue weighted by molar-refractivity contribution is 7.22. The van der Waals surface area contributed by atoms with Gasteiger partial charge in [0, 0.05) is 32.4 Å². The summed E-state index contributed by atoms with van der Waals surface area (Å²) < 4.78 is 6.23. The van der Waals surface area contributed by atoms with Gasteiger partial charge >= 0.3 is 0 Å². The normalized spacial score (nSPS) is 16.0. The summed E-state index contributed by atoms with van der Waals surface area (Å²) in [6.07, 6.45) is 2.48. The summed E-state index contributed by atoms with van der Waals surface area (Å²) in [5.41, 5.74) is 7.31. The van der Waals surface area contributed by atoms with E-state index in [1.807, 2.05) is 18.2 Å². The molecule has 1 aliphatic rings. The zero-order chi connectivity index (χ0) is 16.2. The molecule has 23 heavy (non-hydrogen) atoms. The number of benzene rings is 1. The molecule has 0 bridgehead atoms. The van der Waals surface area contributed by atoms with Gasteiger partial charge in [-0.2, -0.15) is 0 Å². The number of ether oxygens (including phenoxy) is 1. The zero-order valence-corrected chi connectivity index (χ0v) is 14.1. The van der Waals surface area contributed by atoms with Crippen molar-refractivity contribution in [1.29, 1.82) is 0 Å². The van der Waals surface area contributed by atoms with E-state index in [9.17, 15) is 4.79 Å². The van der Waals surface area contributed by atoms with Crippen molar-refractivity contribution in [1.82, 2.24) is 4.98 Å². The summed E-state index contributed by atoms with van der Waals surface area (Å²) in [5.74, 6) is -0.0917. The fraction of sp³-hybridized carbons (Fsp3) is 0.500. The summed E-state index contributed by atoms with van der Waals surface area (Å²) in [6, 6.07) is 5.82. The summed E-state index contributed by atoms with van der Waals surface area (Å²) in [7, 11) is 1.56. The Morgan fingerprint density at radius 3 is 2.96 bits per heavy atom. The molecule has 1 saturated heterocycles. The number of amides is 1. The summed E-state index contributed by atoms with van der Waals surface area (Å²) >= 11 is 1.68. The van der Waals surface area contributed by atoms with Crippen LogP contribution in [0.1, 0.15) is 19.3 Å². The lowest BCUT2D eigenvalue weighted by atomic mass is 10.2. The van der Waals surface area contributed by atoms with Gasteiger partial charge in [-0.15, -0.1) is 0 Å². The molecule has 1 unspecified atom stereocenters. The molecule has 1 amide bonds. The summed E-state index contributed by atoms with van der Waals surface area (Å²) in [4.78, 5) is 19.0. The second-order valence-electron chi connectivity index (χ2n) is 5.72. The number of rotatable bonds is 6. The van der Waals surface area contributed by atoms with Gasteiger partial charge in [0.2, 0.25) is 5.91 Å². The number of hydrogen-bond acceptors (Lipinski definition) is 6. The highest BCUT2D eigenvalue weighted by Gasteiger charge is 2.17. The van der Waals surface area contributed by atoms with E-state index in [-0.39, 0.29) is 18.4 Å². The molecule has 7 heteroatoms. The molecule has 3 N–H and O–H groups in total. The Morgan fingerprint density at radius 2 is 2.26 bits per heavy atom. The molecular formula is C16H22N4O2S. The second kappa shape index (κ2) is 7.25. The Balaban J connectivity index is 1.70. The molecule has 1 aromatic heterocycles. The first kappa shape index (κ1) is 16.2. The fourth-order valence-corrected chi connectivity index (χ4v) is 3.77. The van der Waals surface area contributed by atoms with Crippen molar-refractivity contribution in [2.75, 3.05) is 37.0 Å². The maximum atomic E-state index is 12.0. The maximum absolute atomic E-state index is 12.0. The van der Waals surface area contributed by atoms with Gasteiger partial charge in [0.15, 0.2) is 5.13 Å². The third kappa shape index (κ3) is 3.80. The van der Waals surface area contributed by atoms with E-state index in [1.165, 1.54) is 12.8 Å². The Hall–Kier alpha value is -1.70. The number of carbonyl (C=O) groups excluding carboxylic acids is 1. The van der Waals surface area contributed by atoms with Gasteiger partial charge in [0.05, 0.1) is 22.7 Å². The quantitative estimate of drug-likeness (QED) is 0.846. The molecule has 0 aliphatic carbocycles. The first-order chi connectivity index (χ1) is 11.2. The minimum absolute atomic E-state index is 0.0917. The van der Waals surface area contributed by atoms with Crippen molar-refractivity contribution >= 4 is 38.3 Å². The van der Waals surface area contributed by atoms with Gasteiger partial charge < -0.3 is 20.7 Å². The molecule has 0 radical (unpaired) electrons. The number of nitrogens with two attached hydrogens (primary N) is 1. The van der Waals surface area contributed by atoms with E-state index in [2.05, 4.69) is 15.2 Å². The molecule has 0 saturated carbocycles. The fourth-order valence-electron chi connectivity index (χ4n) is 2.72. The van der Waals surface area contributed by atoms with Gasteiger partial charge in [0.25, 0.3) is 0 Å². The van der Waals surface area contributed by atoms with Crippen LogP contribution in [0, 0.1) is 0 Å². The van der Waals surface area contributed by atoms with Crippen molar-refractivity contribution in [3.63, 3.8) is 0 Å². The number of nitrogens with zero attached hydrogens (tertiary/aromatic N) is 2. The SMILES string of the molecule is COC(CN)CC(=O)Nc1ccc2nc(N3CCCC3)sc2c1. The van der Waals surface area contributed by atoms with Gasteiger partial charge in [0.1, 0.15) is 0 Å². The largest absolute Gasteiger partial charge is 0.380 e. The minimum Gasteiger partial charge on any atom is -0.380 e. The molecule has 1 aliphatic heterocycles. The summed E-state index contributed by atoms with van der Waals surface area (Å²) in [6.45, 7) is 2.50. The third-order valence-corrected chi connectivity index (χ3v) is 5.13. The molecular weight excluding hydrogens is 312 g/mol. The van der Waals surface area contributed by atoms with Gasteiger partial charge in [-0.3, -0.25) is 4.79 Å². The average Bonchev–Trinajstić information content (AvgIpc) is 3.20. The van der Waals surface area contributed by atoms with Crippen LogP contribution in [0.4, 0.5) is 10.8 Å². The van der Waals surface area contributed by atoms with E-state index >= 15 is 0 Å². The Labute approximate surface area is 139 Å². The van der Waals surface area contributed by atoms with Gasteiger partial charge in [-0.25, -0.2) is 4.98 Å². The van der Waals surface area contributed by atoms with Crippen molar-refractivity contribution in [2.24, 2.45) is 5.73 Å². The molecule has 1 atom stereocenters. The van der Waals surface area contributed by atoms with E-state index in [1.54, 1.807) is 18.4 Å². The topological polar surface area (TPSA) is 80.5 Å². The first-order valence-corrected chi connectivity index (χ1v) is 8.69. The number of nitrogens with one attached hydrogen (secondary N) is 1. The van der Waals surface area contributed by atoms with Crippen LogP contribution < -0.4 is 16.0 Å². The van der Waals surface area contributed by atoms with Crippen LogP contribution in [0.2, 0.25) is 0 Å². The molecule has 2 aromatic rings. The molecule has 2 heterocycles. The number of aromatic nitrogens is 1. The number of carbonyl (C=O) groups is 1. The third-order valence-electron chi connectivity index (χ3n) is 4.05. The molecule has 1 aromatic carbocycles. The number of hydrogen-bond donors (Lipinski definition) is 2. The maximum Gasteiger partial charge on any atom is 0.227 e. The van der Waals surface area contributed by atoms with Gasteiger partial charge in [-0.05, 0) is 31.0 Å². The second-order valence-corrected chi connectivity index (χ2v) is 6.73. The number of anilines is 2. The highest BCUT2D eigenvalue weighted by atomic mass is 32.1. The lowest BCUT2D eigenvalue weighted by Crippen LogP contribution is -2.28. The van der Waals surface area contributed by atoms with Crippen molar-refractivity contribution in [3.05, 3.63) is 18.2 Å². The van der Waals surface area contributed by atoms with Crippen LogP contribution in [-0.4, -0.2) is 43.7 Å². The van der Waals surface area contributed by atoms with Crippen molar-refractivity contribution < 1.29 is 9.53 Å². The van der Waals surface area contributed by atoms with E-state index in [4.69, 9.17) is 10.5 Å². The number of methoxy groups -OCH3 is 1. The lowest BCUT2D eigenvalue weighted by molar-refractivity contribution is -0.118. The zero-order valence-electron chi connectivity index (χ0n) is 13.2. The van der Waals surface area contributed by atoms with Crippen LogP contribution in [0.15, 0.2) is 18.2 Å². The van der Waals surface area contributed by atoms with E-state index < -0.39 is 0 Å². The van der Waals surface area contributed by atoms with Crippen LogP contribution in [-0.2, 0) is 9.53 Å². The smallest absolute Gasteiger partial charge is 0.227 e. The van der Waals surface area contributed by atoms with E-state index in [0.29, 0.717) is 6.54 Å². The van der Waals surface area contributed by atoms with Crippen molar-refractivity contribution in [2.45, 2.75) is 25.4 Å². The van der Waals surface area contributed by atoms with Crippen molar-refractivity contribution in [3.8, 4) is 0 Å². The standard InChI is InChI=1S/C16H22N4O2S/c1-22-12(10-17)9-15(21)18-11-4-5-13-14(8-11)23-16(19-13)20-6-2-3-7-20/h4-5,8,12H,2-3,6-7,9-10,17H2,1H3,(H,18,21). The predicted molar refractivity (Wildman–Crippen MR) is 94.2 cm³/mol.